The van der Waals surface area contributed by atoms with Gasteiger partial charge in [-0.1, -0.05) is 33.6 Å². The first-order valence-electron chi connectivity index (χ1n) is 14.1. The minimum absolute atomic E-state index is 0.0269. The van der Waals surface area contributed by atoms with Crippen molar-refractivity contribution in [3.8, 4) is 5.75 Å². The number of nitro benzene ring substituents is 1. The van der Waals surface area contributed by atoms with E-state index in [0.29, 0.717) is 10.0 Å². The predicted octanol–water partition coefficient (Wildman–Crippen LogP) is 5.97. The summed E-state index contributed by atoms with van der Waals surface area (Å²) in [6, 6.07) is 14.3. The molecule has 1 N–H and O–H groups in total. The van der Waals surface area contributed by atoms with Gasteiger partial charge in [-0.05, 0) is 67.3 Å². The number of carbonyl (C=O) groups excluding carboxylic acids is 4. The number of carbonyl (C=O) groups is 4. The second-order valence-electron chi connectivity index (χ2n) is 11.7. The van der Waals surface area contributed by atoms with Crippen LogP contribution < -0.4 is 9.80 Å². The van der Waals surface area contributed by atoms with Crippen LogP contribution in [0.2, 0.25) is 0 Å². The molecule has 4 aliphatic rings. The van der Waals surface area contributed by atoms with Gasteiger partial charge >= 0.3 is 0 Å². The van der Waals surface area contributed by atoms with Crippen molar-refractivity contribution in [3.05, 3.63) is 104 Å². The van der Waals surface area contributed by atoms with Crippen LogP contribution in [0.25, 0.3) is 0 Å². The molecule has 10 nitrogen and oxygen atoms in total. The van der Waals surface area contributed by atoms with Crippen LogP contribution in [0.3, 0.4) is 0 Å². The maximum absolute atomic E-state index is 14.4. The summed E-state index contributed by atoms with van der Waals surface area (Å²) in [5.74, 6) is -7.91. The Morgan fingerprint density at radius 2 is 1.63 bits per heavy atom. The molecule has 3 aromatic rings. The number of phenolic OH excluding ortho intramolecular Hbond substituents is 1. The van der Waals surface area contributed by atoms with Crippen LogP contribution in [0.5, 0.6) is 5.75 Å². The minimum Gasteiger partial charge on any atom is -0.508 e. The lowest BCUT2D eigenvalue weighted by atomic mass is 9.56. The lowest BCUT2D eigenvalue weighted by Crippen LogP contribution is -2.60. The summed E-state index contributed by atoms with van der Waals surface area (Å²) in [7, 11) is 0. The van der Waals surface area contributed by atoms with Crippen LogP contribution in [-0.4, -0.2) is 43.4 Å². The van der Waals surface area contributed by atoms with E-state index in [1.165, 1.54) is 36.4 Å². The predicted molar refractivity (Wildman–Crippen MR) is 168 cm³/mol. The van der Waals surface area contributed by atoms with Crippen molar-refractivity contribution in [1.82, 2.24) is 0 Å². The van der Waals surface area contributed by atoms with Gasteiger partial charge in [0.15, 0.2) is 9.75 Å². The zero-order valence-electron chi connectivity index (χ0n) is 23.4. The summed E-state index contributed by atoms with van der Waals surface area (Å²) in [4.78, 5) is 64.7. The zero-order valence-corrected chi connectivity index (χ0v) is 26.5. The topological polar surface area (TPSA) is 138 Å². The first-order valence-corrected chi connectivity index (χ1v) is 15.7. The van der Waals surface area contributed by atoms with E-state index in [9.17, 15) is 38.8 Å². The number of halogens is 4. The number of non-ortho nitro benzene ring substituents is 1. The van der Waals surface area contributed by atoms with Crippen LogP contribution in [-0.2, 0) is 19.2 Å². The Morgan fingerprint density at radius 1 is 0.913 bits per heavy atom. The van der Waals surface area contributed by atoms with Gasteiger partial charge < -0.3 is 5.11 Å². The Kier molecular flexibility index (Phi) is 6.93. The summed E-state index contributed by atoms with van der Waals surface area (Å²) < 4.78 is 14.3. The van der Waals surface area contributed by atoms with E-state index in [1.807, 2.05) is 0 Å². The van der Waals surface area contributed by atoms with E-state index in [0.717, 1.165) is 28.0 Å². The third-order valence-corrected chi connectivity index (χ3v) is 11.4. The average molecular weight is 729 g/mol. The molecule has 14 heteroatoms. The monoisotopic (exact) mass is 727 g/mol. The van der Waals surface area contributed by atoms with Crippen molar-refractivity contribution in [1.29, 1.82) is 0 Å². The van der Waals surface area contributed by atoms with Crippen molar-refractivity contribution in [3.63, 3.8) is 0 Å². The molecule has 6 unspecified atom stereocenters. The SMILES string of the molecule is O=C1C2CC=C3C(CC4(Cl)C(=O)N(c5ccc(F)cc5)C(=O)C4(Cl)C3c3cc(Br)ccc3O)C2C(=O)N1c1cccc([N+](=O)[O-])c1. The highest BCUT2D eigenvalue weighted by Crippen LogP contribution is 2.66. The molecular weight excluding hydrogens is 708 g/mol. The molecule has 2 saturated heterocycles. The number of amides is 4. The highest BCUT2D eigenvalue weighted by molar-refractivity contribution is 9.10. The van der Waals surface area contributed by atoms with Crippen molar-refractivity contribution < 1.29 is 33.6 Å². The zero-order chi connectivity index (χ0) is 32.9. The molecule has 234 valence electrons. The summed E-state index contributed by atoms with van der Waals surface area (Å²) >= 11 is 18.0. The summed E-state index contributed by atoms with van der Waals surface area (Å²) in [5, 5.41) is 22.6. The molecule has 4 amide bonds. The van der Waals surface area contributed by atoms with Crippen molar-refractivity contribution in [2.45, 2.75) is 28.5 Å². The molecule has 0 radical (unpaired) electrons. The molecule has 3 fully saturated rings. The number of hydrogen-bond acceptors (Lipinski definition) is 7. The molecule has 1 saturated carbocycles. The quantitative estimate of drug-likeness (QED) is 0.115. The fourth-order valence-electron chi connectivity index (χ4n) is 7.50. The van der Waals surface area contributed by atoms with Gasteiger partial charge in [-0.3, -0.25) is 29.3 Å². The van der Waals surface area contributed by atoms with Gasteiger partial charge in [0.1, 0.15) is 11.6 Å². The summed E-state index contributed by atoms with van der Waals surface area (Å²) in [5.41, 5.74) is 0.362. The van der Waals surface area contributed by atoms with E-state index in [2.05, 4.69) is 15.9 Å². The average Bonchev–Trinajstić information content (AvgIpc) is 3.37. The van der Waals surface area contributed by atoms with Gasteiger partial charge in [0, 0.05) is 28.1 Å². The number of hydrogen-bond donors (Lipinski definition) is 1. The van der Waals surface area contributed by atoms with Crippen LogP contribution >= 0.6 is 39.1 Å². The Balaban J connectivity index is 1.40. The number of fused-ring (bicyclic) bond motifs is 4. The maximum atomic E-state index is 14.4. The van der Waals surface area contributed by atoms with Gasteiger partial charge in [0.05, 0.1) is 28.1 Å². The first-order chi connectivity index (χ1) is 21.8. The molecule has 2 aliphatic heterocycles. The van der Waals surface area contributed by atoms with E-state index in [-0.39, 0.29) is 41.2 Å². The largest absolute Gasteiger partial charge is 0.508 e. The van der Waals surface area contributed by atoms with E-state index >= 15 is 0 Å². The minimum atomic E-state index is -2.21. The molecule has 3 aromatic carbocycles. The fraction of sp³-hybridized carbons (Fsp3) is 0.250. The number of aromatic hydroxyl groups is 1. The van der Waals surface area contributed by atoms with Crippen molar-refractivity contribution in [2.24, 2.45) is 17.8 Å². The number of nitrogens with zero attached hydrogens (tertiary/aromatic N) is 3. The standard InChI is InChI=1S/C32H21BrCl2FN3O7/c33-15-4-11-24(40)22(12-15)26-20-9-10-21-25(28(42)37(27(21)41)18-2-1-3-19(13-18)39(45)46)23(20)14-31(34)29(43)38(30(44)32(26,31)35)17-7-5-16(36)6-8-17/h1-9,11-13,21,23,25-26,40H,10,14H2. The Labute approximate surface area is 278 Å². The van der Waals surface area contributed by atoms with Crippen molar-refractivity contribution in [2.75, 3.05) is 9.80 Å². The van der Waals surface area contributed by atoms with Gasteiger partial charge in [-0.2, -0.15) is 0 Å². The molecule has 0 aromatic heterocycles. The molecular formula is C32H21BrCl2FN3O7. The van der Waals surface area contributed by atoms with E-state index < -0.39 is 67.8 Å². The molecule has 2 aliphatic carbocycles. The molecule has 6 atom stereocenters. The molecule has 0 bridgehead atoms. The molecule has 46 heavy (non-hydrogen) atoms. The van der Waals surface area contributed by atoms with Crippen LogP contribution in [0.1, 0.15) is 24.3 Å². The number of nitro groups is 1. The lowest BCUT2D eigenvalue weighted by molar-refractivity contribution is -0.384. The number of alkyl halides is 2. The number of rotatable bonds is 4. The number of benzene rings is 3. The first kappa shape index (κ1) is 30.5. The number of phenols is 1. The van der Waals surface area contributed by atoms with Crippen LogP contribution in [0.15, 0.2) is 82.9 Å². The summed E-state index contributed by atoms with van der Waals surface area (Å²) in [6.45, 7) is 0. The Bertz CT molecular complexity index is 1940. The second kappa shape index (κ2) is 10.4. The maximum Gasteiger partial charge on any atom is 0.271 e. The Morgan fingerprint density at radius 3 is 2.33 bits per heavy atom. The number of allylic oxidation sites excluding steroid dienone is 2. The van der Waals surface area contributed by atoms with Crippen LogP contribution in [0.4, 0.5) is 21.5 Å². The third-order valence-electron chi connectivity index (χ3n) is 9.50. The van der Waals surface area contributed by atoms with E-state index in [4.69, 9.17) is 23.2 Å². The Hall–Kier alpha value is -4.13. The molecule has 2 heterocycles. The van der Waals surface area contributed by atoms with Gasteiger partial charge in [0.25, 0.3) is 17.5 Å². The van der Waals surface area contributed by atoms with E-state index in [1.54, 1.807) is 18.2 Å². The van der Waals surface area contributed by atoms with Gasteiger partial charge in [-0.15, -0.1) is 23.2 Å². The third kappa shape index (κ3) is 4.06. The molecule has 0 spiro atoms. The normalized spacial score (nSPS) is 30.2. The highest BCUT2D eigenvalue weighted by atomic mass is 79.9. The van der Waals surface area contributed by atoms with Gasteiger partial charge in [0.2, 0.25) is 11.8 Å². The van der Waals surface area contributed by atoms with Crippen LogP contribution in [0, 0.1) is 33.7 Å². The van der Waals surface area contributed by atoms with Gasteiger partial charge in [-0.25, -0.2) is 14.2 Å². The number of imide groups is 2. The highest BCUT2D eigenvalue weighted by Gasteiger charge is 2.77. The smallest absolute Gasteiger partial charge is 0.271 e. The van der Waals surface area contributed by atoms with Crippen molar-refractivity contribution >= 4 is 79.8 Å². The lowest BCUT2D eigenvalue weighted by Gasteiger charge is -2.50. The summed E-state index contributed by atoms with van der Waals surface area (Å²) in [6.07, 6.45) is 1.45. The molecule has 7 rings (SSSR count). The number of anilines is 2. The second-order valence-corrected chi connectivity index (χ2v) is 13.9. The fourth-order valence-corrected chi connectivity index (χ4v) is 8.81.